The molecule has 0 spiro atoms. The Hall–Kier alpha value is -3.80. The Morgan fingerprint density at radius 2 is 1.91 bits per heavy atom. The third-order valence-electron chi connectivity index (χ3n) is 4.58. The van der Waals surface area contributed by atoms with Crippen LogP contribution in [0.4, 0.5) is 4.79 Å². The summed E-state index contributed by atoms with van der Waals surface area (Å²) in [5.74, 6) is 1.12. The number of ether oxygens (including phenoxy) is 3. The van der Waals surface area contributed by atoms with Crippen LogP contribution in [0.1, 0.15) is 32.0 Å². The molecule has 178 valence electrons. The van der Waals surface area contributed by atoms with Gasteiger partial charge in [-0.05, 0) is 63.2 Å². The molecule has 0 unspecified atom stereocenters. The number of hydrogen-bond donors (Lipinski definition) is 0. The quantitative estimate of drug-likeness (QED) is 0.292. The van der Waals surface area contributed by atoms with Crippen molar-refractivity contribution in [2.75, 3.05) is 0 Å². The standard InChI is InChI=1S/C25H20Cl2N4O4/c1-25(2,3)35-24(32)31-21-5-4-8-29-23(21)20(30-31)14-33-17-6-7-19(27)22(12-17)34-18-10-15(13-28)9-16(26)11-18/h4-12H,14H2,1-3H3. The minimum atomic E-state index is -0.676. The SMILES string of the molecule is CC(C)(C)OC(=O)n1nc(COc2ccc(Cl)c(Oc3cc(Cl)cc(C#N)c3)c2)c2ncccc21. The predicted octanol–water partition coefficient (Wildman–Crippen LogP) is 6.76. The van der Waals surface area contributed by atoms with Crippen molar-refractivity contribution < 1.29 is 19.0 Å². The number of rotatable bonds is 5. The summed E-state index contributed by atoms with van der Waals surface area (Å²) in [6, 6.07) is 15.0. The summed E-state index contributed by atoms with van der Waals surface area (Å²) in [4.78, 5) is 17.0. The van der Waals surface area contributed by atoms with Crippen LogP contribution in [0.3, 0.4) is 0 Å². The Kier molecular flexibility index (Phi) is 6.83. The van der Waals surface area contributed by atoms with E-state index in [9.17, 15) is 4.79 Å². The minimum absolute atomic E-state index is 0.0279. The molecule has 0 N–H and O–H groups in total. The smallest absolute Gasteiger partial charge is 0.435 e. The number of nitrogens with zero attached hydrogens (tertiary/aromatic N) is 4. The highest BCUT2D eigenvalue weighted by atomic mass is 35.5. The number of aromatic nitrogens is 3. The molecule has 0 aliphatic heterocycles. The lowest BCUT2D eigenvalue weighted by atomic mass is 10.2. The Morgan fingerprint density at radius 1 is 1.11 bits per heavy atom. The van der Waals surface area contributed by atoms with Crippen LogP contribution in [0, 0.1) is 11.3 Å². The molecule has 8 nitrogen and oxygen atoms in total. The van der Waals surface area contributed by atoms with Crippen LogP contribution < -0.4 is 9.47 Å². The van der Waals surface area contributed by atoms with Gasteiger partial charge in [0.05, 0.1) is 22.2 Å². The highest BCUT2D eigenvalue weighted by Crippen LogP contribution is 2.34. The monoisotopic (exact) mass is 510 g/mol. The molecule has 0 radical (unpaired) electrons. The number of hydrogen-bond acceptors (Lipinski definition) is 7. The van der Waals surface area contributed by atoms with E-state index >= 15 is 0 Å². The maximum Gasteiger partial charge on any atom is 0.435 e. The maximum absolute atomic E-state index is 12.6. The van der Waals surface area contributed by atoms with Crippen LogP contribution in [0.25, 0.3) is 11.0 Å². The van der Waals surface area contributed by atoms with E-state index in [0.29, 0.717) is 49.6 Å². The van der Waals surface area contributed by atoms with Gasteiger partial charge in [-0.25, -0.2) is 4.79 Å². The normalized spacial score (nSPS) is 11.2. The predicted molar refractivity (Wildman–Crippen MR) is 131 cm³/mol. The third kappa shape index (κ3) is 5.83. The second kappa shape index (κ2) is 9.82. The second-order valence-electron chi connectivity index (χ2n) is 8.48. The van der Waals surface area contributed by atoms with E-state index in [2.05, 4.69) is 10.1 Å². The summed E-state index contributed by atoms with van der Waals surface area (Å²) < 4.78 is 18.4. The number of carbonyl (C=O) groups excluding carboxylic acids is 1. The average Bonchev–Trinajstić information content (AvgIpc) is 3.17. The van der Waals surface area contributed by atoms with E-state index in [0.717, 1.165) is 0 Å². The van der Waals surface area contributed by atoms with Gasteiger partial charge in [0.25, 0.3) is 0 Å². The van der Waals surface area contributed by atoms with Crippen molar-refractivity contribution in [2.24, 2.45) is 0 Å². The zero-order valence-electron chi connectivity index (χ0n) is 19.1. The van der Waals surface area contributed by atoms with Crippen LogP contribution in [0.15, 0.2) is 54.7 Å². The van der Waals surface area contributed by atoms with Gasteiger partial charge in [0.15, 0.2) is 0 Å². The van der Waals surface area contributed by atoms with Gasteiger partial charge in [-0.1, -0.05) is 23.2 Å². The summed E-state index contributed by atoms with van der Waals surface area (Å²) >= 11 is 12.3. The highest BCUT2D eigenvalue weighted by Gasteiger charge is 2.23. The van der Waals surface area contributed by atoms with E-state index in [1.807, 2.05) is 6.07 Å². The number of benzene rings is 2. The van der Waals surface area contributed by atoms with E-state index < -0.39 is 11.7 Å². The molecule has 10 heteroatoms. The molecular formula is C25H20Cl2N4O4. The molecule has 0 aliphatic rings. The van der Waals surface area contributed by atoms with Gasteiger partial charge in [0.2, 0.25) is 0 Å². The lowest BCUT2D eigenvalue weighted by Gasteiger charge is -2.19. The van der Waals surface area contributed by atoms with Crippen LogP contribution >= 0.6 is 23.2 Å². The van der Waals surface area contributed by atoms with Crippen molar-refractivity contribution in [1.29, 1.82) is 5.26 Å². The topological polar surface area (TPSA) is 99.3 Å². The first-order chi connectivity index (χ1) is 16.6. The Labute approximate surface area is 211 Å². The van der Waals surface area contributed by atoms with Gasteiger partial charge in [-0.3, -0.25) is 4.98 Å². The molecule has 2 aromatic carbocycles. The van der Waals surface area contributed by atoms with Crippen LogP contribution in [-0.4, -0.2) is 26.5 Å². The van der Waals surface area contributed by atoms with Crippen molar-refractivity contribution in [3.63, 3.8) is 0 Å². The van der Waals surface area contributed by atoms with Crippen LogP contribution in [0.5, 0.6) is 17.2 Å². The molecule has 0 saturated carbocycles. The van der Waals surface area contributed by atoms with E-state index in [-0.39, 0.29) is 6.61 Å². The first-order valence-electron chi connectivity index (χ1n) is 10.5. The Morgan fingerprint density at radius 3 is 2.66 bits per heavy atom. The van der Waals surface area contributed by atoms with Gasteiger partial charge in [-0.15, -0.1) is 0 Å². The van der Waals surface area contributed by atoms with Gasteiger partial charge in [0.1, 0.15) is 40.7 Å². The highest BCUT2D eigenvalue weighted by molar-refractivity contribution is 6.32. The van der Waals surface area contributed by atoms with Crippen molar-refractivity contribution in [3.8, 4) is 23.3 Å². The molecule has 4 rings (SSSR count). The molecule has 4 aromatic rings. The molecule has 2 aromatic heterocycles. The fourth-order valence-electron chi connectivity index (χ4n) is 3.17. The fourth-order valence-corrected chi connectivity index (χ4v) is 3.55. The summed E-state index contributed by atoms with van der Waals surface area (Å²) in [5, 5.41) is 14.2. The zero-order valence-corrected chi connectivity index (χ0v) is 20.6. The van der Waals surface area contributed by atoms with Gasteiger partial charge in [0, 0.05) is 17.3 Å². The first kappa shape index (κ1) is 24.3. The first-order valence-corrected chi connectivity index (χ1v) is 11.3. The molecule has 0 atom stereocenters. The van der Waals surface area contributed by atoms with Gasteiger partial charge < -0.3 is 14.2 Å². The number of fused-ring (bicyclic) bond motifs is 1. The molecular weight excluding hydrogens is 491 g/mol. The zero-order chi connectivity index (χ0) is 25.2. The molecule has 35 heavy (non-hydrogen) atoms. The van der Waals surface area contributed by atoms with E-state index in [4.69, 9.17) is 42.7 Å². The van der Waals surface area contributed by atoms with Crippen LogP contribution in [-0.2, 0) is 11.3 Å². The fraction of sp³-hybridized carbons (Fsp3) is 0.200. The van der Waals surface area contributed by atoms with Crippen molar-refractivity contribution in [3.05, 3.63) is 76.0 Å². The van der Waals surface area contributed by atoms with Crippen molar-refractivity contribution in [1.82, 2.24) is 14.8 Å². The molecule has 2 heterocycles. The Balaban J connectivity index is 1.57. The number of pyridine rings is 1. The van der Waals surface area contributed by atoms with Gasteiger partial charge >= 0.3 is 6.09 Å². The van der Waals surface area contributed by atoms with E-state index in [1.54, 1.807) is 69.4 Å². The summed E-state index contributed by atoms with van der Waals surface area (Å²) in [6.45, 7) is 5.37. The second-order valence-corrected chi connectivity index (χ2v) is 9.32. The van der Waals surface area contributed by atoms with Crippen LogP contribution in [0.2, 0.25) is 10.0 Å². The Bertz CT molecular complexity index is 1450. The largest absolute Gasteiger partial charge is 0.487 e. The number of nitriles is 1. The summed E-state index contributed by atoms with van der Waals surface area (Å²) in [5.41, 5.74) is 1.17. The number of carbonyl (C=O) groups is 1. The minimum Gasteiger partial charge on any atom is -0.487 e. The lowest BCUT2D eigenvalue weighted by molar-refractivity contribution is 0.0521. The number of halogens is 2. The van der Waals surface area contributed by atoms with Crippen molar-refractivity contribution in [2.45, 2.75) is 33.0 Å². The molecule has 0 saturated heterocycles. The lowest BCUT2D eigenvalue weighted by Crippen LogP contribution is -2.27. The molecule has 0 aliphatic carbocycles. The molecule has 0 fully saturated rings. The van der Waals surface area contributed by atoms with Crippen molar-refractivity contribution >= 4 is 40.3 Å². The van der Waals surface area contributed by atoms with E-state index in [1.165, 1.54) is 10.7 Å². The summed E-state index contributed by atoms with van der Waals surface area (Å²) in [6.07, 6.45) is 1.00. The summed E-state index contributed by atoms with van der Waals surface area (Å²) in [7, 11) is 0. The molecule has 0 bridgehead atoms. The van der Waals surface area contributed by atoms with Gasteiger partial charge in [-0.2, -0.15) is 15.0 Å². The molecule has 0 amide bonds. The third-order valence-corrected chi connectivity index (χ3v) is 5.11. The maximum atomic E-state index is 12.6. The average molecular weight is 511 g/mol.